The van der Waals surface area contributed by atoms with Crippen LogP contribution in [0.15, 0.2) is 12.1 Å². The molecule has 0 saturated carbocycles. The van der Waals surface area contributed by atoms with Gasteiger partial charge in [0.2, 0.25) is 0 Å². The summed E-state index contributed by atoms with van der Waals surface area (Å²) in [6.45, 7) is 13.9. The minimum absolute atomic E-state index is 0. The Balaban J connectivity index is 0. The van der Waals surface area contributed by atoms with Gasteiger partial charge in [0.15, 0.2) is 0 Å². The average Bonchev–Trinajstić information content (AvgIpc) is 2.32. The van der Waals surface area contributed by atoms with Gasteiger partial charge < -0.3 is 19.5 Å². The molecule has 0 saturated heterocycles. The van der Waals surface area contributed by atoms with Crippen LogP contribution in [0.3, 0.4) is 0 Å². The third-order valence-electron chi connectivity index (χ3n) is 4.16. The van der Waals surface area contributed by atoms with Crippen LogP contribution in [0.5, 0.6) is 5.75 Å². The van der Waals surface area contributed by atoms with Crippen molar-refractivity contribution >= 4 is 7.60 Å². The Morgan fingerprint density at radius 1 is 1.00 bits per heavy atom. The molecule has 0 radical (unpaired) electrons. The van der Waals surface area contributed by atoms with E-state index in [1.54, 1.807) is 0 Å². The minimum Gasteiger partial charge on any atom is -0.811 e. The number of rotatable bonds is 4. The number of aromatic hydroxyl groups is 1. The van der Waals surface area contributed by atoms with Gasteiger partial charge >= 0.3 is 103 Å². The molecule has 0 aliphatic rings. The first kappa shape index (κ1) is 29.6. The molecule has 1 aromatic carbocycles. The molecule has 0 spiro atoms. The minimum atomic E-state index is -4.59. The number of hydrogen-bond acceptors (Lipinski definition) is 4. The zero-order valence-electron chi connectivity index (χ0n) is 17.3. The van der Waals surface area contributed by atoms with Gasteiger partial charge in [-0.2, -0.15) is 0 Å². The van der Waals surface area contributed by atoms with E-state index in [-0.39, 0.29) is 131 Å². The van der Waals surface area contributed by atoms with Crippen molar-refractivity contribution in [3.05, 3.63) is 28.8 Å². The van der Waals surface area contributed by atoms with E-state index in [1.807, 2.05) is 60.6 Å². The van der Waals surface area contributed by atoms with Crippen molar-refractivity contribution < 1.29 is 122 Å². The first-order valence-electron chi connectivity index (χ1n) is 8.05. The molecule has 132 valence electrons. The van der Waals surface area contributed by atoms with Crippen molar-refractivity contribution in [1.82, 2.24) is 0 Å². The standard InChI is InChI=1S/C18H31O4P.2K/c1-8-12(11-23(20,21)22)13-9-14(17(2,3)4)16(19)15(10-13)18(5,6)7;;/h9-10,12,19H,8,11H2,1-7H3,(H2,20,21,22);;/q;2*+1/p-2. The Hall–Kier alpha value is 2.44. The van der Waals surface area contributed by atoms with Crippen LogP contribution in [-0.4, -0.2) is 11.3 Å². The van der Waals surface area contributed by atoms with Gasteiger partial charge in [-0.3, -0.25) is 0 Å². The van der Waals surface area contributed by atoms with Gasteiger partial charge in [0.1, 0.15) is 5.75 Å². The van der Waals surface area contributed by atoms with Crippen LogP contribution in [0.25, 0.3) is 0 Å². The molecule has 0 aliphatic carbocycles. The van der Waals surface area contributed by atoms with Crippen LogP contribution in [-0.2, 0) is 15.4 Å². The van der Waals surface area contributed by atoms with E-state index >= 15 is 0 Å². The second-order valence-electron chi connectivity index (χ2n) is 8.36. The average molecular weight is 419 g/mol. The molecule has 25 heavy (non-hydrogen) atoms. The summed E-state index contributed by atoms with van der Waals surface area (Å²) in [7, 11) is -4.59. The fraction of sp³-hybridized carbons (Fsp3) is 0.667. The van der Waals surface area contributed by atoms with E-state index in [0.717, 1.165) is 16.7 Å². The SMILES string of the molecule is CCC(CP(=O)([O-])[O-])c1cc(C(C)(C)C)c(O)c(C(C)(C)C)c1.[K+].[K+]. The molecule has 1 unspecified atom stereocenters. The van der Waals surface area contributed by atoms with Crippen LogP contribution in [0.1, 0.15) is 77.5 Å². The zero-order chi connectivity index (χ0) is 18.2. The summed E-state index contributed by atoms with van der Waals surface area (Å²) in [5.41, 5.74) is 1.82. The summed E-state index contributed by atoms with van der Waals surface area (Å²) >= 11 is 0. The van der Waals surface area contributed by atoms with Gasteiger partial charge in [-0.05, 0) is 46.0 Å². The van der Waals surface area contributed by atoms with Crippen molar-refractivity contribution in [3.8, 4) is 5.75 Å². The molecule has 0 bridgehead atoms. The maximum atomic E-state index is 11.2. The normalized spacial score (nSPS) is 13.6. The maximum absolute atomic E-state index is 11.2. The Morgan fingerprint density at radius 2 is 1.36 bits per heavy atom. The summed E-state index contributed by atoms with van der Waals surface area (Å²) < 4.78 is 11.2. The summed E-state index contributed by atoms with van der Waals surface area (Å²) in [5.74, 6) is -0.0883. The second-order valence-corrected chi connectivity index (χ2v) is 9.95. The number of benzene rings is 1. The monoisotopic (exact) mass is 418 g/mol. The van der Waals surface area contributed by atoms with Gasteiger partial charge in [0, 0.05) is 0 Å². The predicted molar refractivity (Wildman–Crippen MR) is 91.0 cm³/mol. The molecule has 4 nitrogen and oxygen atoms in total. The molecule has 1 atom stereocenters. The molecule has 1 aromatic rings. The summed E-state index contributed by atoms with van der Waals surface area (Å²) in [5, 5.41) is 10.7. The van der Waals surface area contributed by atoms with Crippen LogP contribution in [0, 0.1) is 0 Å². The summed E-state index contributed by atoms with van der Waals surface area (Å²) in [6, 6.07) is 3.71. The van der Waals surface area contributed by atoms with Crippen LogP contribution < -0.4 is 113 Å². The largest absolute Gasteiger partial charge is 1.00 e. The fourth-order valence-electron chi connectivity index (χ4n) is 2.78. The maximum Gasteiger partial charge on any atom is 1.00 e. The zero-order valence-corrected chi connectivity index (χ0v) is 24.4. The second kappa shape index (κ2) is 11.0. The smallest absolute Gasteiger partial charge is 0.811 e. The van der Waals surface area contributed by atoms with Crippen molar-refractivity contribution in [3.63, 3.8) is 0 Å². The molecule has 0 amide bonds. The summed E-state index contributed by atoms with van der Waals surface area (Å²) in [4.78, 5) is 22.5. The van der Waals surface area contributed by atoms with Crippen LogP contribution in [0.2, 0.25) is 0 Å². The topological polar surface area (TPSA) is 83.4 Å². The first-order valence-corrected chi connectivity index (χ1v) is 9.78. The van der Waals surface area contributed by atoms with E-state index in [0.29, 0.717) is 6.42 Å². The Kier molecular flexibility index (Phi) is 13.0. The predicted octanol–water partition coefficient (Wildman–Crippen LogP) is -2.60. The fourth-order valence-corrected chi connectivity index (χ4v) is 3.78. The number of phenolic OH excluding ortho intramolecular Hbond substituents is 1. The van der Waals surface area contributed by atoms with Crippen molar-refractivity contribution in [2.45, 2.75) is 71.6 Å². The Labute approximate surface area is 238 Å². The van der Waals surface area contributed by atoms with Gasteiger partial charge in [0.05, 0.1) is 0 Å². The Bertz CT molecular complexity index is 577. The third-order valence-corrected chi connectivity index (χ3v) is 5.04. The molecule has 0 aliphatic heterocycles. The molecule has 0 fully saturated rings. The molecule has 1 N–H and O–H groups in total. The summed E-state index contributed by atoms with van der Waals surface area (Å²) in [6.07, 6.45) is 0.174. The van der Waals surface area contributed by atoms with E-state index < -0.39 is 7.60 Å². The van der Waals surface area contributed by atoms with Crippen molar-refractivity contribution in [2.75, 3.05) is 6.16 Å². The van der Waals surface area contributed by atoms with Crippen molar-refractivity contribution in [1.29, 1.82) is 0 Å². The number of hydrogen-bond donors (Lipinski definition) is 1. The molecule has 1 rings (SSSR count). The van der Waals surface area contributed by atoms with Gasteiger partial charge in [0.25, 0.3) is 0 Å². The van der Waals surface area contributed by atoms with E-state index in [4.69, 9.17) is 0 Å². The van der Waals surface area contributed by atoms with Crippen molar-refractivity contribution in [2.24, 2.45) is 0 Å². The number of phenols is 1. The van der Waals surface area contributed by atoms with E-state index in [2.05, 4.69) is 0 Å². The quantitative estimate of drug-likeness (QED) is 0.430. The molecule has 0 aromatic heterocycles. The van der Waals surface area contributed by atoms with Crippen LogP contribution >= 0.6 is 7.60 Å². The Morgan fingerprint density at radius 3 is 1.60 bits per heavy atom. The van der Waals surface area contributed by atoms with E-state index in [9.17, 15) is 19.5 Å². The van der Waals surface area contributed by atoms with Crippen LogP contribution in [0.4, 0.5) is 0 Å². The third kappa shape index (κ3) is 9.20. The van der Waals surface area contributed by atoms with Gasteiger partial charge in [-0.15, -0.1) is 0 Å². The molecule has 7 heteroatoms. The van der Waals surface area contributed by atoms with Gasteiger partial charge in [-0.25, -0.2) is 0 Å². The van der Waals surface area contributed by atoms with E-state index in [1.165, 1.54) is 0 Å². The van der Waals surface area contributed by atoms with Gasteiger partial charge in [-0.1, -0.05) is 68.2 Å². The molecular formula is C18H29K2O4P. The first-order chi connectivity index (χ1) is 10.2. The molecular weight excluding hydrogens is 389 g/mol. The molecule has 0 heterocycles.